The van der Waals surface area contributed by atoms with Crippen LogP contribution >= 0.6 is 0 Å². The number of nitrogens with one attached hydrogen (secondary N) is 1. The molecule has 0 fully saturated rings. The van der Waals surface area contributed by atoms with Gasteiger partial charge in [-0.15, -0.1) is 13.2 Å². The maximum atomic E-state index is 12.4. The molecule has 0 aliphatic heterocycles. The molecule has 0 saturated heterocycles. The van der Waals surface area contributed by atoms with E-state index in [1.165, 1.54) is 12.1 Å². The summed E-state index contributed by atoms with van der Waals surface area (Å²) in [4.78, 5) is 0. The van der Waals surface area contributed by atoms with Gasteiger partial charge in [-0.1, -0.05) is 30.3 Å². The first-order valence-electron chi connectivity index (χ1n) is 6.50. The van der Waals surface area contributed by atoms with Crippen molar-refractivity contribution in [2.45, 2.75) is 26.8 Å². The zero-order valence-corrected chi connectivity index (χ0v) is 11.8. The van der Waals surface area contributed by atoms with Gasteiger partial charge in [0.1, 0.15) is 0 Å². The lowest BCUT2D eigenvalue weighted by molar-refractivity contribution is -0.274. The van der Waals surface area contributed by atoms with Crippen LogP contribution in [0.25, 0.3) is 0 Å². The van der Waals surface area contributed by atoms with Gasteiger partial charge in [-0.3, -0.25) is 0 Å². The molecule has 112 valence electrons. The van der Waals surface area contributed by atoms with Crippen LogP contribution in [-0.2, 0) is 6.54 Å². The Labute approximate surface area is 121 Å². The van der Waals surface area contributed by atoms with E-state index < -0.39 is 6.36 Å². The molecule has 2 rings (SSSR count). The Kier molecular flexibility index (Phi) is 4.40. The van der Waals surface area contributed by atoms with Gasteiger partial charge in [-0.25, -0.2) is 0 Å². The average molecular weight is 295 g/mol. The second-order valence-corrected chi connectivity index (χ2v) is 4.76. The molecule has 2 nitrogen and oxygen atoms in total. The van der Waals surface area contributed by atoms with Gasteiger partial charge in [-0.2, -0.15) is 0 Å². The molecule has 0 aromatic heterocycles. The fourth-order valence-electron chi connectivity index (χ4n) is 2.02. The molecule has 21 heavy (non-hydrogen) atoms. The summed E-state index contributed by atoms with van der Waals surface area (Å²) in [5.74, 6) is -0.227. The molecule has 2 aromatic carbocycles. The fraction of sp³-hybridized carbons (Fsp3) is 0.250. The summed E-state index contributed by atoms with van der Waals surface area (Å²) in [5, 5.41) is 3.00. The molecule has 5 heteroatoms. The van der Waals surface area contributed by atoms with Crippen LogP contribution in [0.15, 0.2) is 42.5 Å². The van der Waals surface area contributed by atoms with E-state index in [1.807, 2.05) is 32.0 Å². The third-order valence-corrected chi connectivity index (χ3v) is 3.30. The second-order valence-electron chi connectivity index (χ2n) is 4.76. The van der Waals surface area contributed by atoms with Crippen LogP contribution in [-0.4, -0.2) is 6.36 Å². The van der Waals surface area contributed by atoms with Crippen LogP contribution < -0.4 is 10.1 Å². The number of anilines is 1. The highest BCUT2D eigenvalue weighted by molar-refractivity contribution is 5.56. The van der Waals surface area contributed by atoms with E-state index in [0.29, 0.717) is 12.2 Å². The van der Waals surface area contributed by atoms with E-state index in [9.17, 15) is 13.2 Å². The number of benzene rings is 2. The first-order valence-corrected chi connectivity index (χ1v) is 6.50. The number of hydrogen-bond donors (Lipinski definition) is 1. The third-order valence-electron chi connectivity index (χ3n) is 3.30. The van der Waals surface area contributed by atoms with Gasteiger partial charge in [-0.05, 0) is 42.7 Å². The Bertz CT molecular complexity index is 623. The van der Waals surface area contributed by atoms with Crippen molar-refractivity contribution >= 4 is 5.69 Å². The van der Waals surface area contributed by atoms with Crippen molar-refractivity contribution < 1.29 is 17.9 Å². The molecule has 0 bridgehead atoms. The summed E-state index contributed by atoms with van der Waals surface area (Å²) < 4.78 is 41.1. The van der Waals surface area contributed by atoms with Crippen molar-refractivity contribution in [3.05, 3.63) is 59.2 Å². The van der Waals surface area contributed by atoms with E-state index in [2.05, 4.69) is 10.1 Å². The van der Waals surface area contributed by atoms with Gasteiger partial charge >= 0.3 is 6.36 Å². The number of halogens is 3. The molecule has 0 spiro atoms. The third kappa shape index (κ3) is 4.15. The number of alkyl halides is 3. The Hall–Kier alpha value is -2.17. The fourth-order valence-corrected chi connectivity index (χ4v) is 2.02. The summed E-state index contributed by atoms with van der Waals surface area (Å²) in [5.41, 5.74) is 3.63. The predicted molar refractivity (Wildman–Crippen MR) is 76.4 cm³/mol. The number of aryl methyl sites for hydroxylation is 1. The normalized spacial score (nSPS) is 11.3. The van der Waals surface area contributed by atoms with Crippen molar-refractivity contribution in [1.29, 1.82) is 0 Å². The van der Waals surface area contributed by atoms with Crippen LogP contribution in [0.1, 0.15) is 16.7 Å². The van der Waals surface area contributed by atoms with Crippen molar-refractivity contribution in [2.75, 3.05) is 5.32 Å². The maximum absolute atomic E-state index is 12.4. The molecule has 0 unspecified atom stereocenters. The van der Waals surface area contributed by atoms with Gasteiger partial charge in [0.2, 0.25) is 0 Å². The molecule has 0 aliphatic carbocycles. The van der Waals surface area contributed by atoms with E-state index in [0.717, 1.165) is 16.7 Å². The zero-order chi connectivity index (χ0) is 15.5. The average Bonchev–Trinajstić information content (AvgIpc) is 2.40. The number of ether oxygens (including phenoxy) is 1. The number of para-hydroxylation sites is 2. The van der Waals surface area contributed by atoms with Crippen LogP contribution in [0.2, 0.25) is 0 Å². The lowest BCUT2D eigenvalue weighted by Gasteiger charge is -2.15. The molecular weight excluding hydrogens is 279 g/mol. The van der Waals surface area contributed by atoms with Crippen LogP contribution in [0.4, 0.5) is 18.9 Å². The van der Waals surface area contributed by atoms with Crippen LogP contribution in [0.5, 0.6) is 5.75 Å². The Morgan fingerprint density at radius 2 is 1.71 bits per heavy atom. The molecule has 0 aliphatic rings. The summed E-state index contributed by atoms with van der Waals surface area (Å²) in [6.07, 6.45) is -4.70. The molecule has 0 saturated carbocycles. The molecule has 0 radical (unpaired) electrons. The molecule has 2 aromatic rings. The number of rotatable bonds is 4. The molecule has 1 N–H and O–H groups in total. The number of hydrogen-bond acceptors (Lipinski definition) is 2. The van der Waals surface area contributed by atoms with Crippen molar-refractivity contribution in [3.8, 4) is 5.75 Å². The summed E-state index contributed by atoms with van der Waals surface area (Å²) >= 11 is 0. The topological polar surface area (TPSA) is 21.3 Å². The first-order chi connectivity index (χ1) is 9.87. The van der Waals surface area contributed by atoms with Gasteiger partial charge in [0.05, 0.1) is 5.69 Å². The Balaban J connectivity index is 2.15. The van der Waals surface area contributed by atoms with E-state index in [1.54, 1.807) is 12.1 Å². The maximum Gasteiger partial charge on any atom is 0.573 e. The minimum Gasteiger partial charge on any atom is -0.404 e. The zero-order valence-electron chi connectivity index (χ0n) is 11.8. The molecular formula is C16H16F3NO. The monoisotopic (exact) mass is 295 g/mol. The molecule has 0 atom stereocenters. The summed E-state index contributed by atoms with van der Waals surface area (Å²) in [7, 11) is 0. The highest BCUT2D eigenvalue weighted by Gasteiger charge is 2.32. The standard InChI is InChI=1S/C16H16F3NO/c1-11-6-5-7-13(12(11)2)10-20-14-8-3-4-9-15(14)21-16(17,18)19/h3-9,20H,10H2,1-2H3. The first kappa shape index (κ1) is 15.2. The SMILES string of the molecule is Cc1cccc(CNc2ccccc2OC(F)(F)F)c1C. The van der Waals surface area contributed by atoms with Gasteiger partial charge in [0.15, 0.2) is 5.75 Å². The van der Waals surface area contributed by atoms with Crippen LogP contribution in [0, 0.1) is 13.8 Å². The van der Waals surface area contributed by atoms with Gasteiger partial charge in [0.25, 0.3) is 0 Å². The summed E-state index contributed by atoms with van der Waals surface area (Å²) in [6, 6.07) is 11.9. The molecule has 0 heterocycles. The van der Waals surface area contributed by atoms with Crippen LogP contribution in [0.3, 0.4) is 0 Å². The minimum atomic E-state index is -4.70. The summed E-state index contributed by atoms with van der Waals surface area (Å²) in [6.45, 7) is 4.43. The van der Waals surface area contributed by atoms with E-state index in [4.69, 9.17) is 0 Å². The largest absolute Gasteiger partial charge is 0.573 e. The molecule has 0 amide bonds. The van der Waals surface area contributed by atoms with Crippen molar-refractivity contribution in [1.82, 2.24) is 0 Å². The van der Waals surface area contributed by atoms with Crippen molar-refractivity contribution in [3.63, 3.8) is 0 Å². The highest BCUT2D eigenvalue weighted by atomic mass is 19.4. The second kappa shape index (κ2) is 6.08. The predicted octanol–water partition coefficient (Wildman–Crippen LogP) is 4.81. The quantitative estimate of drug-likeness (QED) is 0.873. The van der Waals surface area contributed by atoms with Gasteiger partial charge < -0.3 is 10.1 Å². The lowest BCUT2D eigenvalue weighted by Crippen LogP contribution is -2.18. The van der Waals surface area contributed by atoms with E-state index >= 15 is 0 Å². The highest BCUT2D eigenvalue weighted by Crippen LogP contribution is 2.30. The minimum absolute atomic E-state index is 0.227. The van der Waals surface area contributed by atoms with E-state index in [-0.39, 0.29) is 5.75 Å². The Morgan fingerprint density at radius 1 is 1.00 bits per heavy atom. The van der Waals surface area contributed by atoms with Crippen molar-refractivity contribution in [2.24, 2.45) is 0 Å². The lowest BCUT2D eigenvalue weighted by atomic mass is 10.0. The Morgan fingerprint density at radius 3 is 2.43 bits per heavy atom. The van der Waals surface area contributed by atoms with Gasteiger partial charge in [0, 0.05) is 6.54 Å². The smallest absolute Gasteiger partial charge is 0.404 e.